The van der Waals surface area contributed by atoms with Crippen LogP contribution in [0.5, 0.6) is 0 Å². The summed E-state index contributed by atoms with van der Waals surface area (Å²) >= 11 is 3.15. The second-order valence-corrected chi connectivity index (χ2v) is 10.3. The van der Waals surface area contributed by atoms with E-state index in [2.05, 4.69) is 68.4 Å². The number of nitrogens with zero attached hydrogens (tertiary/aromatic N) is 8. The van der Waals surface area contributed by atoms with Crippen LogP contribution in [0, 0.1) is 0 Å². The predicted octanol–water partition coefficient (Wildman–Crippen LogP) is 1.04. The van der Waals surface area contributed by atoms with Gasteiger partial charge in [-0.15, -0.1) is 0 Å². The van der Waals surface area contributed by atoms with Crippen molar-refractivity contribution in [3.8, 4) is 0 Å². The van der Waals surface area contributed by atoms with E-state index in [1.54, 1.807) is 22.7 Å². The Morgan fingerprint density at radius 3 is 1.31 bits per heavy atom. The fourth-order valence-electron chi connectivity index (χ4n) is 3.90. The Morgan fingerprint density at radius 2 is 1.00 bits per heavy atom. The van der Waals surface area contributed by atoms with E-state index in [0.29, 0.717) is 0 Å². The largest absolute Gasteiger partial charge is 1.00 e. The first-order valence-corrected chi connectivity index (χ1v) is 14.2. The summed E-state index contributed by atoms with van der Waals surface area (Å²) in [5, 5.41) is 23.2. The average molecular weight is 695 g/mol. The quantitative estimate of drug-likeness (QED) is 0.165. The smallest absolute Gasteiger partial charge is 0.408 e. The van der Waals surface area contributed by atoms with Gasteiger partial charge < -0.3 is 43.8 Å². The lowest BCUT2D eigenvalue weighted by atomic mass is 10.2. The molecule has 0 saturated carbocycles. The van der Waals surface area contributed by atoms with Gasteiger partial charge in [0.1, 0.15) is 23.8 Å². The van der Waals surface area contributed by atoms with Gasteiger partial charge in [-0.2, -0.15) is 0 Å². The van der Waals surface area contributed by atoms with Crippen LogP contribution in [-0.4, -0.2) is 26.2 Å². The minimum absolute atomic E-state index is 0. The molecule has 0 atom stereocenters. The summed E-state index contributed by atoms with van der Waals surface area (Å²) in [4.78, 5) is 4.81. The molecule has 12 heteroatoms. The molecular weight excluding hydrogens is 660 g/mol. The number of rotatable bonds is 12. The van der Waals surface area contributed by atoms with Crippen LogP contribution in [0.1, 0.15) is 20.3 Å². The molecule has 0 spiro atoms. The van der Waals surface area contributed by atoms with Crippen molar-refractivity contribution in [3.05, 3.63) is 71.7 Å². The van der Waals surface area contributed by atoms with Crippen LogP contribution >= 0.6 is 22.7 Å². The summed E-state index contributed by atoms with van der Waals surface area (Å²) < 4.78 is 3.93. The summed E-state index contributed by atoms with van der Waals surface area (Å²) in [6.07, 6.45) is 5.03. The SMILES string of the molecule is CCN(CCCN(CC)c1ccc(N=Nc2scc[n+]2C)cc1)c1ccc(N=Nc2scc[n+]2C)cc1.[Br-].[Br-]. The lowest BCUT2D eigenvalue weighted by molar-refractivity contribution is -0.654. The van der Waals surface area contributed by atoms with Crippen LogP contribution in [0.4, 0.5) is 33.0 Å². The third-order valence-corrected chi connectivity index (χ3v) is 7.75. The van der Waals surface area contributed by atoms with Crippen LogP contribution in [0.3, 0.4) is 0 Å². The van der Waals surface area contributed by atoms with Crippen molar-refractivity contribution in [1.82, 2.24) is 0 Å². The van der Waals surface area contributed by atoms with Gasteiger partial charge in [0.2, 0.25) is 0 Å². The van der Waals surface area contributed by atoms with Crippen molar-refractivity contribution < 1.29 is 43.1 Å². The van der Waals surface area contributed by atoms with Crippen molar-refractivity contribution >= 4 is 55.7 Å². The maximum atomic E-state index is 4.38. The van der Waals surface area contributed by atoms with E-state index in [-0.39, 0.29) is 34.0 Å². The molecule has 0 unspecified atom stereocenters. The Morgan fingerprint density at radius 1 is 0.615 bits per heavy atom. The van der Waals surface area contributed by atoms with E-state index < -0.39 is 0 Å². The second-order valence-electron chi connectivity index (χ2n) is 8.54. The van der Waals surface area contributed by atoms with Crippen molar-refractivity contribution in [1.29, 1.82) is 0 Å². The molecule has 4 aromatic rings. The van der Waals surface area contributed by atoms with E-state index >= 15 is 0 Å². The van der Waals surface area contributed by atoms with Crippen molar-refractivity contribution in [2.75, 3.05) is 36.0 Å². The molecule has 0 aliphatic carbocycles. The summed E-state index contributed by atoms with van der Waals surface area (Å²) in [5.74, 6) is 0. The highest BCUT2D eigenvalue weighted by atomic mass is 79.9. The Balaban J connectivity index is 0.00000267. The van der Waals surface area contributed by atoms with Gasteiger partial charge in [-0.05, 0) is 102 Å². The zero-order chi connectivity index (χ0) is 26.0. The van der Waals surface area contributed by atoms with Crippen molar-refractivity contribution in [2.45, 2.75) is 20.3 Å². The fourth-order valence-corrected chi connectivity index (χ4v) is 5.26. The lowest BCUT2D eigenvalue weighted by Crippen LogP contribution is -3.00. The molecule has 0 saturated heterocycles. The van der Waals surface area contributed by atoms with Crippen LogP contribution in [0.15, 0.2) is 92.1 Å². The fraction of sp³-hybridized carbons (Fsp3) is 0.333. The van der Waals surface area contributed by atoms with E-state index in [0.717, 1.165) is 54.2 Å². The molecule has 0 aliphatic rings. The van der Waals surface area contributed by atoms with Gasteiger partial charge in [0.25, 0.3) is 0 Å². The summed E-state index contributed by atoms with van der Waals surface area (Å²) in [5.41, 5.74) is 4.13. The normalized spacial score (nSPS) is 11.0. The van der Waals surface area contributed by atoms with Crippen molar-refractivity contribution in [2.24, 2.45) is 34.6 Å². The number of thiazole rings is 2. The number of benzene rings is 2. The number of azo groups is 2. The Bertz CT molecular complexity index is 1220. The predicted molar refractivity (Wildman–Crippen MR) is 153 cm³/mol. The standard InChI is InChI=1S/C27H34N8S2.2BrH/c1-5-34(24-12-8-22(9-13-24)28-30-26-32(3)18-20-36-26)16-7-17-35(6-2)25-14-10-23(11-15-25)29-31-27-33(4)19-21-37-27;;/h8-15,18-21H,5-7,16-17H2,1-4H3;2*1H/q+2;;/p-2. The maximum Gasteiger partial charge on any atom is 0.408 e. The Labute approximate surface area is 259 Å². The summed E-state index contributed by atoms with van der Waals surface area (Å²) in [6.45, 7) is 8.29. The third kappa shape index (κ3) is 9.26. The molecule has 208 valence electrons. The first-order chi connectivity index (χ1) is 18.1. The molecule has 0 bridgehead atoms. The molecule has 8 nitrogen and oxygen atoms in total. The Hall–Kier alpha value is -2.54. The van der Waals surface area contributed by atoms with Gasteiger partial charge in [0.05, 0.1) is 24.3 Å². The zero-order valence-corrected chi connectivity index (χ0v) is 27.4. The van der Waals surface area contributed by atoms with Gasteiger partial charge >= 0.3 is 10.3 Å². The van der Waals surface area contributed by atoms with Crippen molar-refractivity contribution in [3.63, 3.8) is 0 Å². The zero-order valence-electron chi connectivity index (χ0n) is 22.6. The van der Waals surface area contributed by atoms with Gasteiger partial charge in [-0.25, -0.2) is 9.13 Å². The van der Waals surface area contributed by atoms with Gasteiger partial charge in [0.15, 0.2) is 0 Å². The summed E-state index contributed by atoms with van der Waals surface area (Å²) in [7, 11) is 3.95. The number of anilines is 2. The molecule has 0 fully saturated rings. The number of aromatic nitrogens is 2. The van der Waals surface area contributed by atoms with Crippen LogP contribution < -0.4 is 52.9 Å². The van der Waals surface area contributed by atoms with Crippen LogP contribution in [0.25, 0.3) is 0 Å². The van der Waals surface area contributed by atoms with E-state index in [1.807, 2.05) is 70.6 Å². The number of hydrogen-bond donors (Lipinski definition) is 0. The van der Waals surface area contributed by atoms with Crippen LogP contribution in [0.2, 0.25) is 0 Å². The minimum Gasteiger partial charge on any atom is -1.00 e. The monoisotopic (exact) mass is 692 g/mol. The van der Waals surface area contributed by atoms with Crippen LogP contribution in [-0.2, 0) is 14.1 Å². The lowest BCUT2D eigenvalue weighted by Gasteiger charge is -2.27. The molecule has 2 heterocycles. The minimum atomic E-state index is 0. The second kappa shape index (κ2) is 16.5. The molecule has 39 heavy (non-hydrogen) atoms. The average Bonchev–Trinajstić information content (AvgIpc) is 3.54. The maximum absolute atomic E-state index is 4.38. The number of halogens is 2. The van der Waals surface area contributed by atoms with E-state index in [1.165, 1.54) is 11.4 Å². The molecule has 2 aromatic heterocycles. The first-order valence-electron chi connectivity index (χ1n) is 12.5. The van der Waals surface area contributed by atoms with E-state index in [4.69, 9.17) is 0 Å². The number of aryl methyl sites for hydroxylation is 2. The topological polar surface area (TPSA) is 63.7 Å². The molecule has 0 amide bonds. The third-order valence-electron chi connectivity index (χ3n) is 6.07. The molecule has 4 rings (SSSR count). The first kappa shape index (κ1) is 32.7. The Kier molecular flexibility index (Phi) is 13.9. The van der Waals surface area contributed by atoms with E-state index in [9.17, 15) is 0 Å². The highest BCUT2D eigenvalue weighted by Crippen LogP contribution is 2.24. The highest BCUT2D eigenvalue weighted by Gasteiger charge is 2.11. The van der Waals surface area contributed by atoms with Gasteiger partial charge in [-0.3, -0.25) is 0 Å². The highest BCUT2D eigenvalue weighted by molar-refractivity contribution is 7.13. The molecule has 0 N–H and O–H groups in total. The molecule has 0 radical (unpaired) electrons. The van der Waals surface area contributed by atoms with Gasteiger partial charge in [0, 0.05) is 48.3 Å². The molecule has 2 aromatic carbocycles. The molecule has 0 aliphatic heterocycles. The molecular formula is C27H34Br2N8S2. The summed E-state index contributed by atoms with van der Waals surface area (Å²) in [6, 6.07) is 16.7. The van der Waals surface area contributed by atoms with Gasteiger partial charge in [-0.1, -0.05) is 0 Å². The number of hydrogen-bond acceptors (Lipinski definition) is 8.